The van der Waals surface area contributed by atoms with Gasteiger partial charge in [0.2, 0.25) is 15.6 Å². The highest BCUT2D eigenvalue weighted by Crippen LogP contribution is 2.27. The van der Waals surface area contributed by atoms with Gasteiger partial charge in [0, 0.05) is 17.6 Å². The summed E-state index contributed by atoms with van der Waals surface area (Å²) in [7, 11) is 0. The van der Waals surface area contributed by atoms with Crippen LogP contribution in [0.3, 0.4) is 0 Å². The number of carbonyl (C=O) groups excluding carboxylic acids is 4. The Labute approximate surface area is 292 Å². The van der Waals surface area contributed by atoms with Crippen molar-refractivity contribution in [1.82, 2.24) is 26.1 Å². The second-order valence-corrected chi connectivity index (χ2v) is 15.8. The third kappa shape index (κ3) is 10.8. The number of fused-ring (bicyclic) bond motifs is 1. The molecule has 1 aliphatic heterocycles. The highest BCUT2D eigenvalue weighted by molar-refractivity contribution is 6.67. The van der Waals surface area contributed by atoms with Gasteiger partial charge in [-0.05, 0) is 75.6 Å². The topological polar surface area (TPSA) is 130 Å². The summed E-state index contributed by atoms with van der Waals surface area (Å²) >= 11 is 17.0. The number of carbonyl (C=O) groups is 4. The summed E-state index contributed by atoms with van der Waals surface area (Å²) in [5.41, 5.74) is 5.80. The number of alkyl halides is 3. The van der Waals surface area contributed by atoms with E-state index in [0.717, 1.165) is 27.7 Å². The summed E-state index contributed by atoms with van der Waals surface area (Å²) < 4.78 is 3.29. The van der Waals surface area contributed by atoms with E-state index in [-0.39, 0.29) is 11.8 Å². The third-order valence-corrected chi connectivity index (χ3v) is 8.33. The summed E-state index contributed by atoms with van der Waals surface area (Å²) in [6.07, 6.45) is 4.65. The van der Waals surface area contributed by atoms with Crippen LogP contribution in [-0.2, 0) is 23.9 Å². The molecule has 0 unspecified atom stereocenters. The van der Waals surface area contributed by atoms with Crippen molar-refractivity contribution in [2.45, 2.75) is 96.1 Å². The Morgan fingerprint density at radius 2 is 1.77 bits per heavy atom. The first kappa shape index (κ1) is 38.5. The molecule has 1 fully saturated rings. The van der Waals surface area contributed by atoms with Crippen molar-refractivity contribution in [3.05, 3.63) is 47.2 Å². The number of aryl methyl sites for hydroxylation is 1. The first-order chi connectivity index (χ1) is 21.8. The van der Waals surface area contributed by atoms with Crippen LogP contribution in [0.4, 0.5) is 0 Å². The molecule has 47 heavy (non-hydrogen) atoms. The minimum atomic E-state index is -1.75. The summed E-state index contributed by atoms with van der Waals surface area (Å²) in [4.78, 5) is 57.3. The van der Waals surface area contributed by atoms with Gasteiger partial charge in [0.05, 0.1) is 10.9 Å². The molecule has 0 spiro atoms. The quantitative estimate of drug-likeness (QED) is 0.200. The SMILES string of the molecule is Cc1cc(/C=C/C(C)(C)C(=O)N[C@H](C(=O)N[C@@H](C)C(=O)N2CCC[C@@H](C(=O)OCC(Cl)(Cl)Cl)N2)C(C)C)cc2nc(C(C)C)ccc12. The van der Waals surface area contributed by atoms with E-state index in [1.807, 2.05) is 39.0 Å². The van der Waals surface area contributed by atoms with Crippen molar-refractivity contribution in [3.8, 4) is 0 Å². The highest BCUT2D eigenvalue weighted by atomic mass is 35.6. The summed E-state index contributed by atoms with van der Waals surface area (Å²) in [5.74, 6) is -1.90. The molecule has 10 nitrogen and oxygen atoms in total. The number of aromatic nitrogens is 1. The molecule has 1 aromatic heterocycles. The normalized spacial score (nSPS) is 17.2. The highest BCUT2D eigenvalue weighted by Gasteiger charge is 2.35. The molecule has 1 aliphatic rings. The second-order valence-electron chi connectivity index (χ2n) is 13.3. The molecular formula is C34H46Cl3N5O5. The average Bonchev–Trinajstić information content (AvgIpc) is 3.00. The van der Waals surface area contributed by atoms with E-state index in [2.05, 4.69) is 48.1 Å². The number of nitrogens with zero attached hydrogens (tertiary/aromatic N) is 2. The number of hydrazine groups is 1. The monoisotopic (exact) mass is 709 g/mol. The Bertz CT molecular complexity index is 1500. The molecule has 3 N–H and O–H groups in total. The Kier molecular flexibility index (Phi) is 13.1. The summed E-state index contributed by atoms with van der Waals surface area (Å²) in [6, 6.07) is 5.55. The summed E-state index contributed by atoms with van der Waals surface area (Å²) in [5, 5.41) is 7.96. The van der Waals surface area contributed by atoms with Crippen LogP contribution in [0.5, 0.6) is 0 Å². The van der Waals surface area contributed by atoms with Gasteiger partial charge in [-0.15, -0.1) is 0 Å². The van der Waals surface area contributed by atoms with Crippen molar-refractivity contribution >= 4 is 75.5 Å². The number of nitrogens with one attached hydrogen (secondary N) is 3. The molecule has 1 aromatic carbocycles. The van der Waals surface area contributed by atoms with E-state index in [9.17, 15) is 19.2 Å². The number of rotatable bonds is 11. The van der Waals surface area contributed by atoms with Crippen LogP contribution in [0.2, 0.25) is 0 Å². The average molecular weight is 711 g/mol. The molecule has 3 rings (SSSR count). The van der Waals surface area contributed by atoms with E-state index < -0.39 is 51.7 Å². The molecule has 2 heterocycles. The van der Waals surface area contributed by atoms with Gasteiger partial charge in [0.1, 0.15) is 24.7 Å². The Morgan fingerprint density at radius 1 is 1.09 bits per heavy atom. The van der Waals surface area contributed by atoms with E-state index in [1.54, 1.807) is 20.8 Å². The number of amides is 3. The van der Waals surface area contributed by atoms with E-state index in [0.29, 0.717) is 25.3 Å². The number of hydrogen-bond acceptors (Lipinski definition) is 7. The second kappa shape index (κ2) is 16.0. The zero-order valence-electron chi connectivity index (χ0n) is 28.2. The minimum Gasteiger partial charge on any atom is -0.460 e. The maximum atomic E-state index is 13.5. The predicted octanol–water partition coefficient (Wildman–Crippen LogP) is 5.76. The Balaban J connectivity index is 1.64. The fourth-order valence-electron chi connectivity index (χ4n) is 5.09. The van der Waals surface area contributed by atoms with Gasteiger partial charge in [-0.3, -0.25) is 29.2 Å². The van der Waals surface area contributed by atoms with Crippen LogP contribution in [-0.4, -0.2) is 68.8 Å². The third-order valence-electron chi connectivity index (χ3n) is 8.01. The lowest BCUT2D eigenvalue weighted by atomic mass is 9.89. The van der Waals surface area contributed by atoms with Crippen LogP contribution in [0.1, 0.15) is 84.0 Å². The predicted molar refractivity (Wildman–Crippen MR) is 187 cm³/mol. The van der Waals surface area contributed by atoms with Crippen LogP contribution in [0.25, 0.3) is 17.0 Å². The van der Waals surface area contributed by atoms with E-state index in [1.165, 1.54) is 5.01 Å². The van der Waals surface area contributed by atoms with Gasteiger partial charge in [-0.1, -0.05) is 86.8 Å². The molecule has 2 aromatic rings. The molecule has 0 bridgehead atoms. The van der Waals surface area contributed by atoms with Gasteiger partial charge in [0.15, 0.2) is 0 Å². The van der Waals surface area contributed by atoms with Gasteiger partial charge < -0.3 is 15.4 Å². The zero-order chi connectivity index (χ0) is 35.3. The molecule has 258 valence electrons. The zero-order valence-corrected chi connectivity index (χ0v) is 30.5. The molecule has 1 saturated heterocycles. The maximum Gasteiger partial charge on any atom is 0.325 e. The molecule has 0 aliphatic carbocycles. The number of pyridine rings is 1. The Hall–Kier alpha value is -2.92. The van der Waals surface area contributed by atoms with E-state index in [4.69, 9.17) is 44.5 Å². The fourth-order valence-corrected chi connectivity index (χ4v) is 5.25. The molecular weight excluding hydrogens is 665 g/mol. The van der Waals surface area contributed by atoms with Crippen molar-refractivity contribution in [2.75, 3.05) is 13.2 Å². The lowest BCUT2D eigenvalue weighted by Gasteiger charge is -2.35. The van der Waals surface area contributed by atoms with Crippen LogP contribution >= 0.6 is 34.8 Å². The molecule has 0 saturated carbocycles. The fraction of sp³-hybridized carbons (Fsp3) is 0.559. The lowest BCUT2D eigenvalue weighted by Crippen LogP contribution is -2.61. The van der Waals surface area contributed by atoms with Gasteiger partial charge in [-0.25, -0.2) is 5.43 Å². The van der Waals surface area contributed by atoms with Crippen molar-refractivity contribution in [1.29, 1.82) is 0 Å². The van der Waals surface area contributed by atoms with Gasteiger partial charge >= 0.3 is 5.97 Å². The number of benzene rings is 1. The van der Waals surface area contributed by atoms with Crippen LogP contribution < -0.4 is 16.1 Å². The largest absolute Gasteiger partial charge is 0.460 e. The summed E-state index contributed by atoms with van der Waals surface area (Å²) in [6.45, 7) is 14.9. The smallest absolute Gasteiger partial charge is 0.325 e. The van der Waals surface area contributed by atoms with Gasteiger partial charge in [-0.2, -0.15) is 0 Å². The van der Waals surface area contributed by atoms with Crippen LogP contribution in [0, 0.1) is 18.3 Å². The Morgan fingerprint density at radius 3 is 2.38 bits per heavy atom. The van der Waals surface area contributed by atoms with Crippen molar-refractivity contribution < 1.29 is 23.9 Å². The molecule has 3 atom stereocenters. The van der Waals surface area contributed by atoms with Gasteiger partial charge in [0.25, 0.3) is 5.91 Å². The van der Waals surface area contributed by atoms with Crippen molar-refractivity contribution in [2.24, 2.45) is 11.3 Å². The number of esters is 1. The number of halogens is 3. The standard InChI is InChI=1S/C34H46Cl3N5O5/c1-19(2)25-12-11-24-21(5)16-23(17-27(24)39-25)13-14-33(7,8)32(46)40-28(20(3)4)29(43)38-22(6)30(44)42-15-9-10-26(41-42)31(45)47-18-34(35,36)37/h11-14,16-17,19-20,22,26,28,41H,9-10,15,18H2,1-8H3,(H,38,43)(H,40,46)/b14-13+/t22-,26-,28-/m0/s1. The molecule has 0 radical (unpaired) electrons. The molecule has 3 amide bonds. The molecule has 13 heteroatoms. The first-order valence-electron chi connectivity index (χ1n) is 15.8. The van der Waals surface area contributed by atoms with Crippen molar-refractivity contribution in [3.63, 3.8) is 0 Å². The maximum absolute atomic E-state index is 13.5. The lowest BCUT2D eigenvalue weighted by molar-refractivity contribution is -0.152. The first-order valence-corrected chi connectivity index (χ1v) is 16.9. The van der Waals surface area contributed by atoms with E-state index >= 15 is 0 Å². The number of ether oxygens (including phenoxy) is 1. The minimum absolute atomic E-state index is 0.268. The van der Waals surface area contributed by atoms with Crippen LogP contribution in [0.15, 0.2) is 30.3 Å². The number of hydrogen-bond donors (Lipinski definition) is 3.